The Morgan fingerprint density at radius 2 is 1.89 bits per heavy atom. The summed E-state index contributed by atoms with van der Waals surface area (Å²) in [6.07, 6.45) is -0.0232. The van der Waals surface area contributed by atoms with Crippen LogP contribution in [0.3, 0.4) is 0 Å². The number of likely N-dealkylation sites (tertiary alicyclic amines) is 1. The van der Waals surface area contributed by atoms with Gasteiger partial charge in [0, 0.05) is 23.4 Å². The fourth-order valence-electron chi connectivity index (χ4n) is 3.83. The third-order valence-electron chi connectivity index (χ3n) is 5.86. The maximum Gasteiger partial charge on any atom is 0.225 e. The minimum Gasteiger partial charge on any atom is -0.336 e. The number of carbonyl (C=O) groups excluding carboxylic acids is 1. The predicted molar refractivity (Wildman–Crippen MR) is 105 cm³/mol. The lowest BCUT2D eigenvalue weighted by Gasteiger charge is -2.29. The van der Waals surface area contributed by atoms with Gasteiger partial charge in [-0.2, -0.15) is 0 Å². The lowest BCUT2D eigenvalue weighted by atomic mass is 9.92. The van der Waals surface area contributed by atoms with Gasteiger partial charge in [-0.15, -0.1) is 0 Å². The number of nitrogens with zero attached hydrogens (tertiary/aromatic N) is 1. The van der Waals surface area contributed by atoms with Crippen LogP contribution in [-0.4, -0.2) is 29.6 Å². The van der Waals surface area contributed by atoms with Crippen molar-refractivity contribution < 1.29 is 13.6 Å². The molecule has 0 saturated carbocycles. The molecular formula is C23H27F2NO. The van der Waals surface area contributed by atoms with E-state index in [0.29, 0.717) is 24.0 Å². The summed E-state index contributed by atoms with van der Waals surface area (Å²) in [5.74, 6) is -0.772. The van der Waals surface area contributed by atoms with E-state index < -0.39 is 6.17 Å². The van der Waals surface area contributed by atoms with Crippen molar-refractivity contribution in [2.75, 3.05) is 6.54 Å². The quantitative estimate of drug-likeness (QED) is 0.701. The zero-order valence-corrected chi connectivity index (χ0v) is 16.2. The second kappa shape index (κ2) is 8.20. The number of hydrogen-bond donors (Lipinski definition) is 0. The number of rotatable bonds is 5. The molecule has 3 rings (SSSR count). The molecule has 1 saturated heterocycles. The largest absolute Gasteiger partial charge is 0.336 e. The number of hydrogen-bond acceptors (Lipinski definition) is 1. The maximum absolute atomic E-state index is 15.2. The van der Waals surface area contributed by atoms with Crippen molar-refractivity contribution in [3.8, 4) is 11.1 Å². The zero-order valence-electron chi connectivity index (χ0n) is 16.2. The summed E-state index contributed by atoms with van der Waals surface area (Å²) in [6.45, 7) is 5.74. The van der Waals surface area contributed by atoms with Crippen LogP contribution in [-0.2, 0) is 11.2 Å². The molecule has 1 heterocycles. The third-order valence-corrected chi connectivity index (χ3v) is 5.86. The van der Waals surface area contributed by atoms with Crippen LogP contribution < -0.4 is 0 Å². The summed E-state index contributed by atoms with van der Waals surface area (Å²) in [4.78, 5) is 14.3. The molecule has 144 valence electrons. The Hall–Kier alpha value is -2.23. The van der Waals surface area contributed by atoms with Gasteiger partial charge in [-0.3, -0.25) is 4.79 Å². The van der Waals surface area contributed by atoms with Gasteiger partial charge in [-0.05, 0) is 24.0 Å². The fraction of sp³-hybridized carbons (Fsp3) is 0.435. The molecule has 1 unspecified atom stereocenters. The van der Waals surface area contributed by atoms with Crippen LogP contribution in [0.5, 0.6) is 0 Å². The zero-order chi connectivity index (χ0) is 19.6. The minimum absolute atomic E-state index is 0.0332. The second-order valence-corrected chi connectivity index (χ2v) is 7.59. The van der Waals surface area contributed by atoms with E-state index in [4.69, 9.17) is 0 Å². The first kappa shape index (κ1) is 19.5. The summed E-state index contributed by atoms with van der Waals surface area (Å²) >= 11 is 0. The fourth-order valence-corrected chi connectivity index (χ4v) is 3.83. The van der Waals surface area contributed by atoms with Gasteiger partial charge in [-0.1, -0.05) is 69.3 Å². The Morgan fingerprint density at radius 1 is 1.19 bits per heavy atom. The van der Waals surface area contributed by atoms with Gasteiger partial charge in [0.05, 0.1) is 6.54 Å². The SMILES string of the molecule is CCC(C)C(=O)N1C[C@H](F)[C@H](C)[C@@H]1Cc1cccc(-c2ccccc2)c1F. The van der Waals surface area contributed by atoms with Gasteiger partial charge in [0.25, 0.3) is 0 Å². The summed E-state index contributed by atoms with van der Waals surface area (Å²) in [5.41, 5.74) is 1.88. The van der Waals surface area contributed by atoms with Crippen LogP contribution in [0.1, 0.15) is 32.8 Å². The van der Waals surface area contributed by atoms with E-state index in [0.717, 1.165) is 5.56 Å². The van der Waals surface area contributed by atoms with Crippen molar-refractivity contribution in [3.63, 3.8) is 0 Å². The van der Waals surface area contributed by atoms with Crippen molar-refractivity contribution in [2.24, 2.45) is 11.8 Å². The smallest absolute Gasteiger partial charge is 0.225 e. The summed E-state index contributed by atoms with van der Waals surface area (Å²) < 4.78 is 29.6. The first-order valence-electron chi connectivity index (χ1n) is 9.71. The Balaban J connectivity index is 1.90. The summed E-state index contributed by atoms with van der Waals surface area (Å²) in [6, 6.07) is 14.4. The van der Waals surface area contributed by atoms with E-state index in [1.807, 2.05) is 57.2 Å². The molecule has 0 aliphatic carbocycles. The van der Waals surface area contributed by atoms with Gasteiger partial charge in [0.1, 0.15) is 12.0 Å². The van der Waals surface area contributed by atoms with Gasteiger partial charge in [0.15, 0.2) is 0 Å². The van der Waals surface area contributed by atoms with Crippen molar-refractivity contribution in [3.05, 3.63) is 59.9 Å². The summed E-state index contributed by atoms with van der Waals surface area (Å²) in [7, 11) is 0. The van der Waals surface area contributed by atoms with Crippen LogP contribution in [0.15, 0.2) is 48.5 Å². The molecule has 1 aliphatic rings. The lowest BCUT2D eigenvalue weighted by Crippen LogP contribution is -2.41. The molecular weight excluding hydrogens is 344 g/mol. The first-order chi connectivity index (χ1) is 12.9. The number of amides is 1. The normalized spacial score (nSPS) is 23.4. The monoisotopic (exact) mass is 371 g/mol. The molecule has 2 aromatic rings. The molecule has 1 amide bonds. The molecule has 1 aliphatic heterocycles. The van der Waals surface area contributed by atoms with Crippen molar-refractivity contribution >= 4 is 5.91 Å². The Kier molecular flexibility index (Phi) is 5.93. The minimum atomic E-state index is -1.07. The van der Waals surface area contributed by atoms with Gasteiger partial charge in [0.2, 0.25) is 5.91 Å². The highest BCUT2D eigenvalue weighted by Crippen LogP contribution is 2.33. The second-order valence-electron chi connectivity index (χ2n) is 7.59. The average molecular weight is 371 g/mol. The van der Waals surface area contributed by atoms with Crippen LogP contribution in [0.25, 0.3) is 11.1 Å². The first-order valence-corrected chi connectivity index (χ1v) is 9.71. The van der Waals surface area contributed by atoms with Crippen molar-refractivity contribution in [2.45, 2.75) is 45.8 Å². The number of alkyl halides is 1. The maximum atomic E-state index is 15.2. The van der Waals surface area contributed by atoms with E-state index in [1.54, 1.807) is 17.0 Å². The van der Waals surface area contributed by atoms with E-state index >= 15 is 4.39 Å². The lowest BCUT2D eigenvalue weighted by molar-refractivity contribution is -0.136. The average Bonchev–Trinajstić information content (AvgIpc) is 2.97. The molecule has 27 heavy (non-hydrogen) atoms. The molecule has 0 bridgehead atoms. The van der Waals surface area contributed by atoms with Crippen LogP contribution in [0, 0.1) is 17.7 Å². The van der Waals surface area contributed by atoms with Crippen LogP contribution in [0.4, 0.5) is 8.78 Å². The number of carbonyl (C=O) groups is 1. The van der Waals surface area contributed by atoms with Crippen LogP contribution in [0.2, 0.25) is 0 Å². The van der Waals surface area contributed by atoms with Gasteiger partial charge in [-0.25, -0.2) is 8.78 Å². The highest BCUT2D eigenvalue weighted by molar-refractivity contribution is 5.79. The molecule has 4 heteroatoms. The van der Waals surface area contributed by atoms with E-state index in [2.05, 4.69) is 0 Å². The van der Waals surface area contributed by atoms with Gasteiger partial charge >= 0.3 is 0 Å². The van der Waals surface area contributed by atoms with E-state index in [-0.39, 0.29) is 36.1 Å². The van der Waals surface area contributed by atoms with Crippen molar-refractivity contribution in [1.29, 1.82) is 0 Å². The molecule has 2 aromatic carbocycles. The van der Waals surface area contributed by atoms with Crippen molar-refractivity contribution in [1.82, 2.24) is 4.90 Å². The molecule has 2 nitrogen and oxygen atoms in total. The highest BCUT2D eigenvalue weighted by atomic mass is 19.1. The topological polar surface area (TPSA) is 20.3 Å². The molecule has 0 aromatic heterocycles. The molecule has 1 fully saturated rings. The Labute approximate surface area is 160 Å². The molecule has 4 atom stereocenters. The standard InChI is InChI=1S/C23H27F2NO/c1-4-15(2)23(27)26-14-20(24)16(3)21(26)13-18-11-8-12-19(22(18)25)17-9-6-5-7-10-17/h5-12,15-16,20-21H,4,13-14H2,1-3H3/t15?,16-,20-,21-/m0/s1. The highest BCUT2D eigenvalue weighted by Gasteiger charge is 2.42. The van der Waals surface area contributed by atoms with E-state index in [1.165, 1.54) is 0 Å². The van der Waals surface area contributed by atoms with Gasteiger partial charge < -0.3 is 4.90 Å². The Morgan fingerprint density at radius 3 is 2.56 bits per heavy atom. The molecule has 0 spiro atoms. The molecule has 0 N–H and O–H groups in total. The molecule has 0 radical (unpaired) electrons. The van der Waals surface area contributed by atoms with Crippen LogP contribution >= 0.6 is 0 Å². The Bertz CT molecular complexity index is 792. The predicted octanol–water partition coefficient (Wildman–Crippen LogP) is 5.27. The number of halogens is 2. The van der Waals surface area contributed by atoms with E-state index in [9.17, 15) is 9.18 Å². The number of benzene rings is 2. The third kappa shape index (κ3) is 3.90. The summed E-state index contributed by atoms with van der Waals surface area (Å²) in [5, 5.41) is 0.